The fourth-order valence-corrected chi connectivity index (χ4v) is 7.38. The molecule has 1 aliphatic carbocycles. The highest BCUT2D eigenvalue weighted by atomic mass is 16.3. The quantitative estimate of drug-likeness (QED) is 0.189. The lowest BCUT2D eigenvalue weighted by Crippen LogP contribution is -2.14. The second-order valence-corrected chi connectivity index (χ2v) is 12.4. The Labute approximate surface area is 260 Å². The Bertz CT molecular complexity index is 2560. The Kier molecular flexibility index (Phi) is 5.73. The number of fused-ring (bicyclic) bond motifs is 10. The molecule has 45 heavy (non-hydrogen) atoms. The van der Waals surface area contributed by atoms with Crippen molar-refractivity contribution in [1.29, 1.82) is 0 Å². The SMILES string of the molecule is C=C/C(=C(\C=C/C)C1CCC1)c1c(C)ccc2c1oc1ccc(-c3ccc4oc5c(ccc6oc7ccccc7c65)c4c3)cc12. The van der Waals surface area contributed by atoms with E-state index in [-0.39, 0.29) is 0 Å². The summed E-state index contributed by atoms with van der Waals surface area (Å²) >= 11 is 0. The molecule has 0 amide bonds. The number of furan rings is 3. The molecule has 218 valence electrons. The molecular formula is C42H32O3. The number of hydrogen-bond donors (Lipinski definition) is 0. The molecular weight excluding hydrogens is 552 g/mol. The van der Waals surface area contributed by atoms with E-state index in [1.807, 2.05) is 24.3 Å². The molecule has 1 fully saturated rings. The summed E-state index contributed by atoms with van der Waals surface area (Å²) in [5, 5.41) is 6.53. The molecule has 0 atom stereocenters. The number of para-hydroxylation sites is 1. The van der Waals surface area contributed by atoms with Gasteiger partial charge in [0.25, 0.3) is 0 Å². The van der Waals surface area contributed by atoms with Gasteiger partial charge in [-0.3, -0.25) is 0 Å². The van der Waals surface area contributed by atoms with Gasteiger partial charge in [-0.1, -0.05) is 73.7 Å². The standard InChI is InChI=1S/C42H32O3/c1-4-9-29(25-10-8-11-25)28(5-2)39-24(3)14-17-30-33-22-26(15-19-36(33)44-41(30)39)27-16-20-37-34(23-27)31-18-21-38-40(42(31)45-37)32-12-6-7-13-35(32)43-38/h4-7,9,12-23,25H,2,8,10-11H2,1,3H3/b9-4-,29-28-. The maximum Gasteiger partial charge on any atom is 0.147 e. The van der Waals surface area contributed by atoms with Gasteiger partial charge in [0.05, 0.1) is 5.39 Å². The van der Waals surface area contributed by atoms with Crippen LogP contribution in [-0.2, 0) is 0 Å². The molecule has 0 unspecified atom stereocenters. The normalized spacial score (nSPS) is 14.9. The third-order valence-corrected chi connectivity index (χ3v) is 9.83. The van der Waals surface area contributed by atoms with Crippen LogP contribution in [0, 0.1) is 12.8 Å². The number of aryl methyl sites for hydroxylation is 1. The van der Waals surface area contributed by atoms with Crippen molar-refractivity contribution >= 4 is 71.4 Å². The van der Waals surface area contributed by atoms with E-state index >= 15 is 0 Å². The van der Waals surface area contributed by atoms with Gasteiger partial charge in [0.2, 0.25) is 0 Å². The van der Waals surface area contributed by atoms with E-state index in [2.05, 4.69) is 99.3 Å². The maximum absolute atomic E-state index is 6.65. The van der Waals surface area contributed by atoms with Crippen molar-refractivity contribution in [3.05, 3.63) is 126 Å². The molecule has 0 N–H and O–H groups in total. The fraction of sp³-hybridized carbons (Fsp3) is 0.143. The largest absolute Gasteiger partial charge is 0.456 e. The summed E-state index contributed by atoms with van der Waals surface area (Å²) in [5.74, 6) is 0.581. The van der Waals surface area contributed by atoms with Gasteiger partial charge in [0, 0.05) is 32.5 Å². The van der Waals surface area contributed by atoms with Crippen LogP contribution in [0.25, 0.3) is 82.5 Å². The molecule has 0 radical (unpaired) electrons. The highest BCUT2D eigenvalue weighted by Crippen LogP contribution is 2.44. The van der Waals surface area contributed by atoms with Crippen molar-refractivity contribution in [3.63, 3.8) is 0 Å². The Balaban J connectivity index is 1.22. The summed E-state index contributed by atoms with van der Waals surface area (Å²) in [6.45, 7) is 8.53. The highest BCUT2D eigenvalue weighted by Gasteiger charge is 2.25. The predicted molar refractivity (Wildman–Crippen MR) is 188 cm³/mol. The van der Waals surface area contributed by atoms with Gasteiger partial charge in [-0.25, -0.2) is 0 Å². The van der Waals surface area contributed by atoms with Crippen LogP contribution < -0.4 is 0 Å². The van der Waals surface area contributed by atoms with E-state index < -0.39 is 0 Å². The van der Waals surface area contributed by atoms with Gasteiger partial charge in [-0.2, -0.15) is 0 Å². The van der Waals surface area contributed by atoms with Crippen LogP contribution in [0.4, 0.5) is 0 Å². The van der Waals surface area contributed by atoms with E-state index in [0.717, 1.165) is 82.5 Å². The first-order chi connectivity index (χ1) is 22.1. The molecule has 5 aromatic carbocycles. The molecule has 9 rings (SSSR count). The van der Waals surface area contributed by atoms with Crippen molar-refractivity contribution in [2.75, 3.05) is 0 Å². The van der Waals surface area contributed by atoms with Gasteiger partial charge in [-0.15, -0.1) is 0 Å². The first-order valence-corrected chi connectivity index (χ1v) is 15.9. The number of benzene rings is 5. The molecule has 0 saturated heterocycles. The fourth-order valence-electron chi connectivity index (χ4n) is 7.38. The van der Waals surface area contributed by atoms with Crippen LogP contribution in [0.1, 0.15) is 37.3 Å². The third kappa shape index (κ3) is 3.83. The molecule has 1 aliphatic rings. The second-order valence-electron chi connectivity index (χ2n) is 12.4. The molecule has 1 saturated carbocycles. The molecule has 8 aromatic rings. The van der Waals surface area contributed by atoms with E-state index in [1.54, 1.807) is 0 Å². The van der Waals surface area contributed by atoms with Crippen LogP contribution in [0.2, 0.25) is 0 Å². The second kappa shape index (κ2) is 9.87. The molecule has 0 spiro atoms. The summed E-state index contributed by atoms with van der Waals surface area (Å²) < 4.78 is 19.2. The molecule has 0 bridgehead atoms. The number of allylic oxidation sites excluding steroid dienone is 5. The topological polar surface area (TPSA) is 39.4 Å². The Hall–Kier alpha value is -5.28. The summed E-state index contributed by atoms with van der Waals surface area (Å²) in [4.78, 5) is 0. The molecule has 3 nitrogen and oxygen atoms in total. The zero-order chi connectivity index (χ0) is 30.2. The number of rotatable bonds is 5. The third-order valence-electron chi connectivity index (χ3n) is 9.83. The van der Waals surface area contributed by atoms with Crippen molar-refractivity contribution in [2.45, 2.75) is 33.1 Å². The molecule has 0 aliphatic heterocycles. The zero-order valence-corrected chi connectivity index (χ0v) is 25.4. The Morgan fingerprint density at radius 2 is 1.33 bits per heavy atom. The first-order valence-electron chi connectivity index (χ1n) is 15.9. The highest BCUT2D eigenvalue weighted by molar-refractivity contribution is 6.22. The first kappa shape index (κ1) is 26.2. The smallest absolute Gasteiger partial charge is 0.147 e. The Morgan fingerprint density at radius 1 is 0.689 bits per heavy atom. The lowest BCUT2D eigenvalue weighted by Gasteiger charge is -2.29. The van der Waals surface area contributed by atoms with Crippen LogP contribution >= 0.6 is 0 Å². The molecule has 3 heteroatoms. The Morgan fingerprint density at radius 3 is 2.02 bits per heavy atom. The van der Waals surface area contributed by atoms with E-state index in [9.17, 15) is 0 Å². The van der Waals surface area contributed by atoms with Gasteiger partial charge in [-0.05, 0) is 103 Å². The van der Waals surface area contributed by atoms with Crippen molar-refractivity contribution in [3.8, 4) is 11.1 Å². The van der Waals surface area contributed by atoms with Gasteiger partial charge in [0.15, 0.2) is 0 Å². The molecule has 3 heterocycles. The summed E-state index contributed by atoms with van der Waals surface area (Å²) in [6, 6.07) is 29.8. The van der Waals surface area contributed by atoms with Crippen LogP contribution in [-0.4, -0.2) is 0 Å². The van der Waals surface area contributed by atoms with E-state index in [4.69, 9.17) is 13.3 Å². The summed E-state index contributed by atoms with van der Waals surface area (Å²) in [7, 11) is 0. The van der Waals surface area contributed by atoms with Crippen LogP contribution in [0.15, 0.2) is 129 Å². The van der Waals surface area contributed by atoms with Gasteiger partial charge in [0.1, 0.15) is 33.5 Å². The molecule has 3 aromatic heterocycles. The zero-order valence-electron chi connectivity index (χ0n) is 25.4. The van der Waals surface area contributed by atoms with Crippen molar-refractivity contribution < 1.29 is 13.3 Å². The maximum atomic E-state index is 6.65. The van der Waals surface area contributed by atoms with E-state index in [0.29, 0.717) is 5.92 Å². The van der Waals surface area contributed by atoms with E-state index in [1.165, 1.54) is 36.0 Å². The summed E-state index contributed by atoms with van der Waals surface area (Å²) in [5.41, 5.74) is 12.5. The minimum atomic E-state index is 0.581. The van der Waals surface area contributed by atoms with Crippen LogP contribution in [0.3, 0.4) is 0 Å². The van der Waals surface area contributed by atoms with Gasteiger partial charge < -0.3 is 13.3 Å². The van der Waals surface area contributed by atoms with Crippen LogP contribution in [0.5, 0.6) is 0 Å². The minimum Gasteiger partial charge on any atom is -0.456 e. The predicted octanol–water partition coefficient (Wildman–Crippen LogP) is 12.7. The average molecular weight is 585 g/mol. The minimum absolute atomic E-state index is 0.581. The number of hydrogen-bond acceptors (Lipinski definition) is 3. The lowest BCUT2D eigenvalue weighted by molar-refractivity contribution is 0.375. The monoisotopic (exact) mass is 584 g/mol. The van der Waals surface area contributed by atoms with Crippen molar-refractivity contribution in [1.82, 2.24) is 0 Å². The van der Waals surface area contributed by atoms with Gasteiger partial charge >= 0.3 is 0 Å². The lowest BCUT2D eigenvalue weighted by atomic mass is 9.76. The summed E-state index contributed by atoms with van der Waals surface area (Å²) in [6.07, 6.45) is 10.2. The average Bonchev–Trinajstić information content (AvgIpc) is 3.71. The van der Waals surface area contributed by atoms with Crippen molar-refractivity contribution in [2.24, 2.45) is 5.92 Å².